The van der Waals surface area contributed by atoms with Crippen molar-refractivity contribution in [2.75, 3.05) is 0 Å². The van der Waals surface area contributed by atoms with Crippen molar-refractivity contribution in [2.24, 2.45) is 7.05 Å². The van der Waals surface area contributed by atoms with E-state index >= 15 is 0 Å². The molecule has 0 fully saturated rings. The molecule has 1 aromatic carbocycles. The summed E-state index contributed by atoms with van der Waals surface area (Å²) in [6.45, 7) is 2.49. The minimum absolute atomic E-state index is 0.325. The van der Waals surface area contributed by atoms with Crippen molar-refractivity contribution in [1.29, 1.82) is 0 Å². The topological polar surface area (TPSA) is 52.8 Å². The van der Waals surface area contributed by atoms with Crippen LogP contribution in [0.2, 0.25) is 5.02 Å². The Bertz CT molecular complexity index is 834. The second kappa shape index (κ2) is 8.69. The van der Waals surface area contributed by atoms with Crippen LogP contribution in [0.4, 0.5) is 0 Å². The van der Waals surface area contributed by atoms with E-state index in [0.717, 1.165) is 35.3 Å². The van der Waals surface area contributed by atoms with E-state index in [-0.39, 0.29) is 0 Å². The van der Waals surface area contributed by atoms with E-state index in [1.807, 2.05) is 29.8 Å². The quantitative estimate of drug-likeness (QED) is 0.516. The van der Waals surface area contributed by atoms with E-state index < -0.39 is 0 Å². The molecule has 25 heavy (non-hydrogen) atoms. The van der Waals surface area contributed by atoms with Gasteiger partial charge in [-0.1, -0.05) is 42.4 Å². The number of thiazole rings is 1. The Morgan fingerprint density at radius 1 is 1.28 bits per heavy atom. The lowest BCUT2D eigenvalue weighted by Crippen LogP contribution is -2.04. The standard InChI is InChI=1S/C17H19ClN4OS2/c1-3-6-16-19-12(10-24-16)11-25-17-21-20-15(22(17)2)9-23-14-8-5-4-7-13(14)18/h4-5,7-8,10H,3,6,9,11H2,1-2H3. The van der Waals surface area contributed by atoms with Gasteiger partial charge in [0.25, 0.3) is 0 Å². The van der Waals surface area contributed by atoms with Gasteiger partial charge in [-0.25, -0.2) is 4.98 Å². The average molecular weight is 395 g/mol. The molecule has 8 heteroatoms. The first-order chi connectivity index (χ1) is 12.2. The number of benzene rings is 1. The molecule has 132 valence electrons. The lowest BCUT2D eigenvalue weighted by atomic mass is 10.3. The number of hydrogen-bond acceptors (Lipinski definition) is 6. The van der Waals surface area contributed by atoms with Crippen LogP contribution in [0, 0.1) is 0 Å². The van der Waals surface area contributed by atoms with Gasteiger partial charge >= 0.3 is 0 Å². The molecule has 0 amide bonds. The van der Waals surface area contributed by atoms with Crippen LogP contribution in [-0.2, 0) is 25.8 Å². The summed E-state index contributed by atoms with van der Waals surface area (Å²) in [7, 11) is 1.94. The molecule has 0 bridgehead atoms. The molecule has 0 saturated heterocycles. The molecule has 3 rings (SSSR count). The number of ether oxygens (including phenoxy) is 1. The molecule has 0 radical (unpaired) electrons. The fourth-order valence-corrected chi connectivity index (χ4v) is 4.20. The predicted octanol–water partition coefficient (Wildman–Crippen LogP) is 4.75. The lowest BCUT2D eigenvalue weighted by molar-refractivity contribution is 0.290. The van der Waals surface area contributed by atoms with Crippen LogP contribution in [0.25, 0.3) is 0 Å². The van der Waals surface area contributed by atoms with E-state index in [9.17, 15) is 0 Å². The third-order valence-electron chi connectivity index (χ3n) is 3.53. The fourth-order valence-electron chi connectivity index (χ4n) is 2.18. The van der Waals surface area contributed by atoms with Gasteiger partial charge in [0.1, 0.15) is 12.4 Å². The summed E-state index contributed by atoms with van der Waals surface area (Å²) in [5.74, 6) is 2.19. The van der Waals surface area contributed by atoms with Crippen molar-refractivity contribution in [3.05, 3.63) is 51.2 Å². The van der Waals surface area contributed by atoms with Crippen LogP contribution in [0.5, 0.6) is 5.75 Å². The Kier molecular flexibility index (Phi) is 6.34. The molecule has 0 aliphatic heterocycles. The number of hydrogen-bond donors (Lipinski definition) is 0. The monoisotopic (exact) mass is 394 g/mol. The molecular formula is C17H19ClN4OS2. The normalized spacial score (nSPS) is 11.0. The first-order valence-corrected chi connectivity index (χ1v) is 10.2. The molecule has 2 aromatic heterocycles. The molecule has 0 atom stereocenters. The maximum absolute atomic E-state index is 6.10. The molecule has 0 saturated carbocycles. The van der Waals surface area contributed by atoms with E-state index in [0.29, 0.717) is 17.4 Å². The summed E-state index contributed by atoms with van der Waals surface area (Å²) < 4.78 is 7.68. The summed E-state index contributed by atoms with van der Waals surface area (Å²) in [4.78, 5) is 4.64. The van der Waals surface area contributed by atoms with Gasteiger partial charge in [0, 0.05) is 18.2 Å². The molecule has 0 aliphatic rings. The number of nitrogens with zero attached hydrogens (tertiary/aromatic N) is 4. The fraction of sp³-hybridized carbons (Fsp3) is 0.353. The molecule has 3 aromatic rings. The van der Waals surface area contributed by atoms with Crippen molar-refractivity contribution in [2.45, 2.75) is 37.3 Å². The number of thioether (sulfide) groups is 1. The maximum atomic E-state index is 6.10. The second-order valence-corrected chi connectivity index (χ2v) is 7.74. The Labute approximate surface area is 160 Å². The van der Waals surface area contributed by atoms with E-state index in [2.05, 4.69) is 27.5 Å². The van der Waals surface area contributed by atoms with Crippen LogP contribution < -0.4 is 4.74 Å². The largest absolute Gasteiger partial charge is 0.484 e. The number of aromatic nitrogens is 4. The highest BCUT2D eigenvalue weighted by molar-refractivity contribution is 7.98. The Balaban J connectivity index is 1.58. The number of rotatable bonds is 8. The Morgan fingerprint density at radius 3 is 2.92 bits per heavy atom. The van der Waals surface area contributed by atoms with E-state index in [4.69, 9.17) is 16.3 Å². The van der Waals surface area contributed by atoms with Crippen molar-refractivity contribution in [3.63, 3.8) is 0 Å². The van der Waals surface area contributed by atoms with Gasteiger partial charge in [0.2, 0.25) is 0 Å². The number of para-hydroxylation sites is 1. The highest BCUT2D eigenvalue weighted by atomic mass is 35.5. The maximum Gasteiger partial charge on any atom is 0.191 e. The van der Waals surface area contributed by atoms with Gasteiger partial charge in [-0.05, 0) is 25.0 Å². The average Bonchev–Trinajstić information content (AvgIpc) is 3.20. The first kappa shape index (κ1) is 18.2. The molecule has 0 spiro atoms. The summed E-state index contributed by atoms with van der Waals surface area (Å²) in [5, 5.41) is 13.2. The van der Waals surface area contributed by atoms with E-state index in [1.54, 1.807) is 29.2 Å². The van der Waals surface area contributed by atoms with E-state index in [1.165, 1.54) is 5.01 Å². The number of halogens is 1. The Morgan fingerprint density at radius 2 is 2.12 bits per heavy atom. The van der Waals surface area contributed by atoms with Crippen LogP contribution in [0.15, 0.2) is 34.8 Å². The van der Waals surface area contributed by atoms with Crippen LogP contribution >= 0.6 is 34.7 Å². The zero-order valence-electron chi connectivity index (χ0n) is 14.1. The van der Waals surface area contributed by atoms with Crippen molar-refractivity contribution in [1.82, 2.24) is 19.7 Å². The van der Waals surface area contributed by atoms with Gasteiger partial charge in [-0.15, -0.1) is 21.5 Å². The second-order valence-electron chi connectivity index (χ2n) is 5.45. The van der Waals surface area contributed by atoms with Crippen LogP contribution in [-0.4, -0.2) is 19.7 Å². The van der Waals surface area contributed by atoms with Gasteiger partial charge < -0.3 is 9.30 Å². The van der Waals surface area contributed by atoms with Crippen LogP contribution in [0.1, 0.15) is 29.9 Å². The smallest absolute Gasteiger partial charge is 0.191 e. The minimum atomic E-state index is 0.325. The molecule has 5 nitrogen and oxygen atoms in total. The zero-order chi connectivity index (χ0) is 17.6. The molecule has 0 aliphatic carbocycles. The third kappa shape index (κ3) is 4.74. The molecule has 0 unspecified atom stereocenters. The molecule has 0 N–H and O–H groups in total. The van der Waals surface area contributed by atoms with Gasteiger partial charge in [0.15, 0.2) is 11.0 Å². The van der Waals surface area contributed by atoms with Crippen molar-refractivity contribution < 1.29 is 4.74 Å². The molecular weight excluding hydrogens is 376 g/mol. The van der Waals surface area contributed by atoms with Gasteiger partial charge in [-0.3, -0.25) is 0 Å². The SMILES string of the molecule is CCCc1nc(CSc2nnc(COc3ccccc3Cl)n2C)cs1. The number of aryl methyl sites for hydroxylation is 1. The predicted molar refractivity (Wildman–Crippen MR) is 102 cm³/mol. The highest BCUT2D eigenvalue weighted by Crippen LogP contribution is 2.25. The zero-order valence-corrected chi connectivity index (χ0v) is 16.5. The van der Waals surface area contributed by atoms with Crippen LogP contribution in [0.3, 0.4) is 0 Å². The molecule has 2 heterocycles. The summed E-state index contributed by atoms with van der Waals surface area (Å²) in [6, 6.07) is 7.40. The van der Waals surface area contributed by atoms with Gasteiger partial charge in [-0.2, -0.15) is 0 Å². The first-order valence-electron chi connectivity index (χ1n) is 7.99. The highest BCUT2D eigenvalue weighted by Gasteiger charge is 2.12. The van der Waals surface area contributed by atoms with Crippen molar-refractivity contribution in [3.8, 4) is 5.75 Å². The summed E-state index contributed by atoms with van der Waals surface area (Å²) in [6.07, 6.45) is 2.17. The lowest BCUT2D eigenvalue weighted by Gasteiger charge is -2.07. The Hall–Kier alpha value is -1.57. The summed E-state index contributed by atoms with van der Waals surface area (Å²) in [5.41, 5.74) is 1.09. The van der Waals surface area contributed by atoms with Crippen molar-refractivity contribution >= 4 is 34.7 Å². The van der Waals surface area contributed by atoms with Gasteiger partial charge in [0.05, 0.1) is 15.7 Å². The minimum Gasteiger partial charge on any atom is -0.484 e. The summed E-state index contributed by atoms with van der Waals surface area (Å²) >= 11 is 9.45. The third-order valence-corrected chi connectivity index (χ3v) is 5.85.